The number of benzene rings is 1. The molecule has 2 fully saturated rings. The molecule has 4 heterocycles. The number of aromatic nitrogens is 3. The summed E-state index contributed by atoms with van der Waals surface area (Å²) in [6.07, 6.45) is 0. The van der Waals surface area contributed by atoms with Gasteiger partial charge in [0.2, 0.25) is 11.8 Å². The number of para-hydroxylation sites is 1. The highest BCUT2D eigenvalue weighted by Crippen LogP contribution is 2.38. The number of fused-ring (bicyclic) bond motifs is 2. The van der Waals surface area contributed by atoms with E-state index in [9.17, 15) is 9.59 Å². The van der Waals surface area contributed by atoms with Crippen molar-refractivity contribution in [1.29, 1.82) is 0 Å². The Morgan fingerprint density at radius 2 is 1.59 bits per heavy atom. The van der Waals surface area contributed by atoms with Crippen LogP contribution in [0.4, 0.5) is 11.5 Å². The highest BCUT2D eigenvalue weighted by atomic mass is 16.2. The Hall–Kier alpha value is -3.22. The molecule has 5 rings (SSSR count). The molecule has 2 amide bonds. The lowest BCUT2D eigenvalue weighted by atomic mass is 10.00. The summed E-state index contributed by atoms with van der Waals surface area (Å²) in [6, 6.07) is 13.1. The van der Waals surface area contributed by atoms with Crippen LogP contribution in [0.2, 0.25) is 0 Å². The fraction of sp³-hybridized carbons (Fsp3) is 0.300. The number of carbonyl (C=O) groups excluding carboxylic acids is 2. The third kappa shape index (κ3) is 2.34. The minimum atomic E-state index is -0.321. The van der Waals surface area contributed by atoms with Gasteiger partial charge in [0.15, 0.2) is 5.65 Å². The molecule has 3 aromatic rings. The molecule has 2 unspecified atom stereocenters. The molecule has 2 aliphatic heterocycles. The average molecular weight is 361 g/mol. The molecule has 0 bridgehead atoms. The lowest BCUT2D eigenvalue weighted by Gasteiger charge is -2.23. The Morgan fingerprint density at radius 1 is 0.926 bits per heavy atom. The zero-order valence-corrected chi connectivity index (χ0v) is 15.2. The molecule has 7 nitrogen and oxygen atoms in total. The van der Waals surface area contributed by atoms with E-state index in [2.05, 4.69) is 15.0 Å². The average Bonchev–Trinajstić information content (AvgIpc) is 3.30. The number of amides is 2. The maximum Gasteiger partial charge on any atom is 0.239 e. The summed E-state index contributed by atoms with van der Waals surface area (Å²) in [5.41, 5.74) is 3.20. The number of hydrogen-bond donors (Lipinski definition) is 0. The van der Waals surface area contributed by atoms with Crippen LogP contribution in [0.1, 0.15) is 11.4 Å². The van der Waals surface area contributed by atoms with Crippen LogP contribution in [0.5, 0.6) is 0 Å². The highest BCUT2D eigenvalue weighted by molar-refractivity contribution is 6.22. The Bertz CT molecular complexity index is 1050. The van der Waals surface area contributed by atoms with Gasteiger partial charge in [-0.05, 0) is 26.0 Å². The highest BCUT2D eigenvalue weighted by Gasteiger charge is 2.53. The Kier molecular flexibility index (Phi) is 3.34. The number of aryl methyl sites for hydroxylation is 2. The summed E-state index contributed by atoms with van der Waals surface area (Å²) < 4.78 is 1.80. The quantitative estimate of drug-likeness (QED) is 0.653. The van der Waals surface area contributed by atoms with Crippen molar-refractivity contribution in [1.82, 2.24) is 14.6 Å². The molecule has 2 aromatic heterocycles. The third-order valence-electron chi connectivity index (χ3n) is 5.39. The van der Waals surface area contributed by atoms with E-state index in [4.69, 9.17) is 0 Å². The van der Waals surface area contributed by atoms with Gasteiger partial charge >= 0.3 is 0 Å². The Morgan fingerprint density at radius 3 is 2.26 bits per heavy atom. The van der Waals surface area contributed by atoms with Gasteiger partial charge in [0.25, 0.3) is 0 Å². The predicted molar refractivity (Wildman–Crippen MR) is 101 cm³/mol. The standard InChI is InChI=1S/C20H19N5O2/c1-12-9-18(25-17(21-12)8-13(2)22-25)23-10-15-16(11-23)20(27)24(19(15)26)14-6-4-3-5-7-14/h3-9,15-16H,10-11H2,1-2H3. The van der Waals surface area contributed by atoms with Gasteiger partial charge in [-0.3, -0.25) is 9.59 Å². The van der Waals surface area contributed by atoms with Gasteiger partial charge in [-0.2, -0.15) is 9.61 Å². The number of rotatable bonds is 2. The molecule has 27 heavy (non-hydrogen) atoms. The molecule has 0 N–H and O–H groups in total. The van der Waals surface area contributed by atoms with Crippen molar-refractivity contribution in [2.45, 2.75) is 13.8 Å². The van der Waals surface area contributed by atoms with Crippen molar-refractivity contribution in [3.05, 3.63) is 53.9 Å². The lowest BCUT2D eigenvalue weighted by Crippen LogP contribution is -2.36. The Labute approximate surface area is 156 Å². The zero-order chi connectivity index (χ0) is 18.7. The minimum Gasteiger partial charge on any atom is -0.355 e. The first-order valence-corrected chi connectivity index (χ1v) is 9.05. The molecule has 136 valence electrons. The second-order valence-corrected chi connectivity index (χ2v) is 7.28. The molecule has 0 aliphatic carbocycles. The fourth-order valence-corrected chi connectivity index (χ4v) is 4.18. The molecule has 0 saturated carbocycles. The van der Waals surface area contributed by atoms with Gasteiger partial charge in [-0.1, -0.05) is 18.2 Å². The van der Waals surface area contributed by atoms with Gasteiger partial charge in [0.1, 0.15) is 5.82 Å². The van der Waals surface area contributed by atoms with Gasteiger partial charge in [0.05, 0.1) is 23.2 Å². The number of carbonyl (C=O) groups is 2. The van der Waals surface area contributed by atoms with E-state index >= 15 is 0 Å². The van der Waals surface area contributed by atoms with Gasteiger partial charge in [-0.15, -0.1) is 0 Å². The molecule has 1 aromatic carbocycles. The van der Waals surface area contributed by atoms with Crippen molar-refractivity contribution in [2.75, 3.05) is 22.9 Å². The maximum absolute atomic E-state index is 13.0. The van der Waals surface area contributed by atoms with Crippen molar-refractivity contribution in [3.8, 4) is 0 Å². The summed E-state index contributed by atoms with van der Waals surface area (Å²) in [5, 5.41) is 4.53. The van der Waals surface area contributed by atoms with E-state index in [0.29, 0.717) is 18.8 Å². The van der Waals surface area contributed by atoms with Gasteiger partial charge < -0.3 is 4.90 Å². The van der Waals surface area contributed by atoms with E-state index in [1.165, 1.54) is 4.90 Å². The minimum absolute atomic E-state index is 0.114. The van der Waals surface area contributed by atoms with Crippen LogP contribution in [0, 0.1) is 25.7 Å². The molecule has 0 radical (unpaired) electrons. The third-order valence-corrected chi connectivity index (χ3v) is 5.39. The molecular weight excluding hydrogens is 342 g/mol. The van der Waals surface area contributed by atoms with Crippen LogP contribution >= 0.6 is 0 Å². The van der Waals surface area contributed by atoms with E-state index in [1.807, 2.05) is 44.2 Å². The first-order valence-electron chi connectivity index (χ1n) is 9.05. The normalized spacial score (nSPS) is 22.1. The summed E-state index contributed by atoms with van der Waals surface area (Å²) in [4.78, 5) is 33.9. The van der Waals surface area contributed by atoms with E-state index in [0.717, 1.165) is 22.9 Å². The molecule has 2 saturated heterocycles. The van der Waals surface area contributed by atoms with E-state index < -0.39 is 0 Å². The second kappa shape index (κ2) is 5.64. The van der Waals surface area contributed by atoms with Crippen LogP contribution < -0.4 is 9.80 Å². The van der Waals surface area contributed by atoms with Crippen LogP contribution in [0.15, 0.2) is 42.5 Å². The first kappa shape index (κ1) is 16.0. The van der Waals surface area contributed by atoms with E-state index in [1.54, 1.807) is 16.6 Å². The monoisotopic (exact) mass is 361 g/mol. The summed E-state index contributed by atoms with van der Waals surface area (Å²) in [5.74, 6) is 0.0115. The summed E-state index contributed by atoms with van der Waals surface area (Å²) in [7, 11) is 0. The molecule has 2 atom stereocenters. The summed E-state index contributed by atoms with van der Waals surface area (Å²) >= 11 is 0. The number of anilines is 2. The number of hydrogen-bond acceptors (Lipinski definition) is 5. The molecule has 0 spiro atoms. The van der Waals surface area contributed by atoms with Crippen molar-refractivity contribution >= 4 is 29.0 Å². The van der Waals surface area contributed by atoms with Crippen molar-refractivity contribution in [3.63, 3.8) is 0 Å². The lowest BCUT2D eigenvalue weighted by molar-refractivity contribution is -0.122. The molecule has 2 aliphatic rings. The van der Waals surface area contributed by atoms with Gasteiger partial charge in [-0.25, -0.2) is 9.88 Å². The van der Waals surface area contributed by atoms with Crippen molar-refractivity contribution in [2.24, 2.45) is 11.8 Å². The molecule has 7 heteroatoms. The smallest absolute Gasteiger partial charge is 0.239 e. The number of imide groups is 1. The van der Waals surface area contributed by atoms with Gasteiger partial charge in [0, 0.05) is 30.9 Å². The van der Waals surface area contributed by atoms with Crippen LogP contribution in [-0.2, 0) is 9.59 Å². The number of nitrogens with zero attached hydrogens (tertiary/aromatic N) is 5. The topological polar surface area (TPSA) is 70.8 Å². The predicted octanol–water partition coefficient (Wildman–Crippen LogP) is 1.97. The fourth-order valence-electron chi connectivity index (χ4n) is 4.18. The van der Waals surface area contributed by atoms with Crippen LogP contribution in [0.3, 0.4) is 0 Å². The molecular formula is C20H19N5O2. The van der Waals surface area contributed by atoms with E-state index in [-0.39, 0.29) is 23.7 Å². The first-order chi connectivity index (χ1) is 13.0. The second-order valence-electron chi connectivity index (χ2n) is 7.28. The van der Waals surface area contributed by atoms with Crippen molar-refractivity contribution < 1.29 is 9.59 Å². The zero-order valence-electron chi connectivity index (χ0n) is 15.2. The Balaban J connectivity index is 1.49. The SMILES string of the molecule is Cc1cc(N2CC3C(=O)N(c4ccccc4)C(=O)C3C2)n2nc(C)cc2n1. The largest absolute Gasteiger partial charge is 0.355 e. The maximum atomic E-state index is 13.0. The van der Waals surface area contributed by atoms with Crippen LogP contribution in [0.25, 0.3) is 5.65 Å². The summed E-state index contributed by atoms with van der Waals surface area (Å²) in [6.45, 7) is 4.89. The van der Waals surface area contributed by atoms with Crippen LogP contribution in [-0.4, -0.2) is 39.5 Å².